The van der Waals surface area contributed by atoms with Crippen LogP contribution in [0.5, 0.6) is 0 Å². The first-order chi connectivity index (χ1) is 19.3. The molecule has 0 radical (unpaired) electrons. The van der Waals surface area contributed by atoms with E-state index in [0.717, 1.165) is 25.7 Å². The van der Waals surface area contributed by atoms with Crippen molar-refractivity contribution in [3.63, 3.8) is 0 Å². The van der Waals surface area contributed by atoms with Gasteiger partial charge in [-0.15, -0.1) is 0 Å². The predicted octanol–water partition coefficient (Wildman–Crippen LogP) is 2.73. The molecule has 0 saturated carbocycles. The molecule has 0 amide bonds. The third kappa shape index (κ3) is 13.2. The van der Waals surface area contributed by atoms with Gasteiger partial charge in [0.25, 0.3) is 0 Å². The van der Waals surface area contributed by atoms with Crippen LogP contribution in [0.4, 0.5) is 0 Å². The first-order valence-electron chi connectivity index (χ1n) is 13.6. The van der Waals surface area contributed by atoms with Crippen LogP contribution in [0.15, 0.2) is 48.6 Å². The molecule has 1 heterocycles. The quantitative estimate of drug-likeness (QED) is 0.0966. The lowest BCUT2D eigenvalue weighted by Crippen LogP contribution is -2.53. The predicted molar refractivity (Wildman–Crippen MR) is 144 cm³/mol. The Balaban J connectivity index is 2.45. The summed E-state index contributed by atoms with van der Waals surface area (Å²) in [7, 11) is 0. The number of hydrogen-bond acceptors (Lipinski definition) is 11. The molecule has 1 rings (SSSR count). The van der Waals surface area contributed by atoms with Crippen molar-refractivity contribution >= 4 is 23.9 Å². The second kappa shape index (κ2) is 20.6. The van der Waals surface area contributed by atoms with Crippen molar-refractivity contribution < 1.29 is 53.4 Å². The smallest absolute Gasteiger partial charge is 0.396 e. The average molecular weight is 567 g/mol. The van der Waals surface area contributed by atoms with Gasteiger partial charge < -0.3 is 34.3 Å². The van der Waals surface area contributed by atoms with E-state index in [-0.39, 0.29) is 6.42 Å². The molecule has 11 nitrogen and oxygen atoms in total. The number of carbonyl (C=O) groups is 4. The fourth-order valence-electron chi connectivity index (χ4n) is 3.38. The van der Waals surface area contributed by atoms with Crippen molar-refractivity contribution in [3.05, 3.63) is 48.6 Å². The molecule has 1 fully saturated rings. The van der Waals surface area contributed by atoms with E-state index < -0.39 is 61.7 Å². The minimum Gasteiger partial charge on any atom is -0.445 e. The lowest BCUT2D eigenvalue weighted by Gasteiger charge is -2.28. The van der Waals surface area contributed by atoms with Crippen LogP contribution in [0.2, 0.25) is 0 Å². The molecule has 1 aliphatic rings. The number of allylic oxidation sites excluding steroid dienone is 8. The monoisotopic (exact) mass is 566 g/mol. The highest BCUT2D eigenvalue weighted by molar-refractivity contribution is 5.90. The highest BCUT2D eigenvalue weighted by Crippen LogP contribution is 2.22. The van der Waals surface area contributed by atoms with Gasteiger partial charge in [-0.1, -0.05) is 68.4 Å². The lowest BCUT2D eigenvalue weighted by atomic mass is 10.2. The molecule has 3 unspecified atom stereocenters. The molecule has 0 aliphatic carbocycles. The molecule has 40 heavy (non-hydrogen) atoms. The molecular formula is C29H42O11. The molecule has 0 spiro atoms. The maximum Gasteiger partial charge on any atom is 0.396 e. The highest BCUT2D eigenvalue weighted by Gasteiger charge is 2.52. The normalized spacial score (nSPS) is 22.4. The first kappa shape index (κ1) is 34.7. The van der Waals surface area contributed by atoms with Crippen LogP contribution in [-0.4, -0.2) is 77.0 Å². The minimum absolute atomic E-state index is 0.188. The van der Waals surface area contributed by atoms with Gasteiger partial charge in [0.15, 0.2) is 0 Å². The lowest BCUT2D eigenvalue weighted by molar-refractivity contribution is -0.251. The molecular weight excluding hydrogens is 524 g/mol. The number of esters is 4. The van der Waals surface area contributed by atoms with Crippen LogP contribution in [0.25, 0.3) is 0 Å². The summed E-state index contributed by atoms with van der Waals surface area (Å²) >= 11 is 0. The number of rotatable bonds is 18. The Kier molecular flexibility index (Phi) is 17.9. The number of ether oxygens (including phenoxy) is 4. The Morgan fingerprint density at radius 3 is 1.82 bits per heavy atom. The summed E-state index contributed by atoms with van der Waals surface area (Å²) in [5, 5.41) is 28.4. The maximum absolute atomic E-state index is 12.6. The number of aliphatic hydroxyl groups is 3. The Morgan fingerprint density at radius 2 is 1.30 bits per heavy atom. The van der Waals surface area contributed by atoms with Crippen LogP contribution in [-0.2, 0) is 38.1 Å². The maximum atomic E-state index is 12.6. The fourth-order valence-corrected chi connectivity index (χ4v) is 3.38. The van der Waals surface area contributed by atoms with Gasteiger partial charge in [-0.2, -0.15) is 0 Å². The van der Waals surface area contributed by atoms with Gasteiger partial charge in [-0.25, -0.2) is 14.4 Å². The number of hydrogen-bond donors (Lipinski definition) is 3. The Bertz CT molecular complexity index is 904. The second-order valence-corrected chi connectivity index (χ2v) is 8.97. The van der Waals surface area contributed by atoms with Crippen molar-refractivity contribution in [2.45, 2.75) is 89.1 Å². The molecule has 0 bridgehead atoms. The number of aliphatic hydroxyl groups excluding tert-OH is 3. The topological polar surface area (TPSA) is 166 Å². The molecule has 224 valence electrons. The number of carbonyl (C=O) groups excluding carboxylic acids is 4. The number of unbranched alkanes of at least 4 members (excludes halogenated alkanes) is 4. The van der Waals surface area contributed by atoms with E-state index in [9.17, 15) is 34.5 Å². The third-order valence-corrected chi connectivity index (χ3v) is 5.64. The van der Waals surface area contributed by atoms with E-state index in [1.54, 1.807) is 0 Å². The van der Waals surface area contributed by atoms with Crippen molar-refractivity contribution in [2.24, 2.45) is 0 Å². The van der Waals surface area contributed by atoms with Crippen molar-refractivity contribution in [2.75, 3.05) is 19.8 Å². The standard InChI is InChI=1S/C29H42O11/c1-2-3-4-5-6-7-8-9-10-11-12-13-14-15-16-17-18-19-25(33)39-29(22-32)28(36)38-23(20-30)26(34)37-24(21-31)27(35)40-29/h6-7,9-10,12-13,15-16,23-24,30-32H,2-5,8,11,14,17-22H2,1H3/b7-6-,10-9-,13-12-,16-15-. The van der Waals surface area contributed by atoms with Crippen molar-refractivity contribution in [1.82, 2.24) is 0 Å². The molecule has 0 aromatic heterocycles. The van der Waals surface area contributed by atoms with Gasteiger partial charge >= 0.3 is 29.7 Å². The van der Waals surface area contributed by atoms with Crippen LogP contribution in [0, 0.1) is 0 Å². The summed E-state index contributed by atoms with van der Waals surface area (Å²) in [6, 6.07) is 0. The third-order valence-electron chi connectivity index (χ3n) is 5.64. The molecule has 11 heteroatoms. The molecule has 3 N–H and O–H groups in total. The van der Waals surface area contributed by atoms with Crippen LogP contribution >= 0.6 is 0 Å². The van der Waals surface area contributed by atoms with E-state index in [0.29, 0.717) is 12.8 Å². The van der Waals surface area contributed by atoms with Gasteiger partial charge in [0.2, 0.25) is 12.2 Å². The van der Waals surface area contributed by atoms with Gasteiger partial charge in [-0.3, -0.25) is 4.79 Å². The summed E-state index contributed by atoms with van der Waals surface area (Å²) < 4.78 is 19.2. The van der Waals surface area contributed by atoms with E-state index in [1.165, 1.54) is 19.3 Å². The summed E-state index contributed by atoms with van der Waals surface area (Å²) in [5.74, 6) is -8.28. The zero-order valence-electron chi connectivity index (χ0n) is 23.1. The van der Waals surface area contributed by atoms with Crippen LogP contribution in [0.3, 0.4) is 0 Å². The van der Waals surface area contributed by atoms with Gasteiger partial charge in [0.05, 0.1) is 13.2 Å². The first-order valence-corrected chi connectivity index (χ1v) is 13.6. The van der Waals surface area contributed by atoms with Gasteiger partial charge in [-0.05, 0) is 44.9 Å². The van der Waals surface area contributed by atoms with E-state index in [1.807, 2.05) is 18.2 Å². The SMILES string of the molecule is CCCCC/C=C\C/C=C\C/C=C\C/C=C\CCCC(=O)OC1(CO)OC(=O)C(CO)OC(=O)C(CO)OC1=O. The zero-order valence-corrected chi connectivity index (χ0v) is 23.1. The second-order valence-electron chi connectivity index (χ2n) is 8.97. The zero-order chi connectivity index (χ0) is 29.6. The Hall–Kier alpha value is -3.28. The van der Waals surface area contributed by atoms with Gasteiger partial charge in [0.1, 0.15) is 6.61 Å². The molecule has 3 atom stereocenters. The van der Waals surface area contributed by atoms with Crippen molar-refractivity contribution in [1.29, 1.82) is 0 Å². The number of cyclic esters (lactones) is 3. The summed E-state index contributed by atoms with van der Waals surface area (Å²) in [5.41, 5.74) is 0. The fraction of sp³-hybridized carbons (Fsp3) is 0.586. The van der Waals surface area contributed by atoms with Crippen molar-refractivity contribution in [3.8, 4) is 0 Å². The van der Waals surface area contributed by atoms with Crippen LogP contribution < -0.4 is 0 Å². The summed E-state index contributed by atoms with van der Waals surface area (Å²) in [6.45, 7) is -1.19. The largest absolute Gasteiger partial charge is 0.445 e. The van der Waals surface area contributed by atoms with E-state index in [4.69, 9.17) is 14.2 Å². The Labute approximate surface area is 235 Å². The minimum atomic E-state index is -2.93. The summed E-state index contributed by atoms with van der Waals surface area (Å²) in [4.78, 5) is 49.1. The average Bonchev–Trinajstić information content (AvgIpc) is 2.98. The van der Waals surface area contributed by atoms with E-state index >= 15 is 0 Å². The molecule has 0 aromatic rings. The van der Waals surface area contributed by atoms with E-state index in [2.05, 4.69) is 42.0 Å². The molecule has 0 aromatic carbocycles. The summed E-state index contributed by atoms with van der Waals surface area (Å²) in [6.07, 6.45) is 20.9. The highest BCUT2D eigenvalue weighted by atomic mass is 16.8. The Morgan fingerprint density at radius 1 is 0.775 bits per heavy atom. The molecule has 1 aliphatic heterocycles. The van der Waals surface area contributed by atoms with Gasteiger partial charge in [0, 0.05) is 6.42 Å². The van der Waals surface area contributed by atoms with Crippen LogP contribution in [0.1, 0.15) is 71.1 Å². The molecule has 1 saturated heterocycles.